The van der Waals surface area contributed by atoms with Gasteiger partial charge in [0.05, 0.1) is 6.04 Å². The van der Waals surface area contributed by atoms with Gasteiger partial charge in [0.1, 0.15) is 66.5 Å². The van der Waals surface area contributed by atoms with E-state index < -0.39 is 155 Å². The van der Waals surface area contributed by atoms with E-state index in [2.05, 4.69) is 47.9 Å². The summed E-state index contributed by atoms with van der Waals surface area (Å²) in [6.45, 7) is 28.0. The second kappa shape index (κ2) is 32.9. The van der Waals surface area contributed by atoms with Crippen molar-refractivity contribution in [2.75, 3.05) is 13.1 Å². The van der Waals surface area contributed by atoms with Crippen LogP contribution in [-0.2, 0) is 57.5 Å². The first-order valence-electron chi connectivity index (χ1n) is 29.0. The Bertz CT molecular complexity index is 2220. The number of likely N-dealkylation sites (tertiary alicyclic amines) is 2. The maximum Gasteiger partial charge on any atom is 0.245 e. The van der Waals surface area contributed by atoms with E-state index >= 15 is 0 Å². The smallest absolute Gasteiger partial charge is 0.245 e. The van der Waals surface area contributed by atoms with Crippen molar-refractivity contribution < 1.29 is 57.5 Å². The van der Waals surface area contributed by atoms with Gasteiger partial charge < -0.3 is 69.1 Å². The number of rotatable bonds is 31. The number of hydrogen-bond donors (Lipinski definition) is 11. The largest absolute Gasteiger partial charge is 0.368 e. The Morgan fingerprint density at radius 1 is 0.383 bits per heavy atom. The average molecular weight is 1150 g/mol. The summed E-state index contributed by atoms with van der Waals surface area (Å²) in [5.74, 6) is -8.90. The summed E-state index contributed by atoms with van der Waals surface area (Å²) in [6.07, 6.45) is 2.34. The van der Waals surface area contributed by atoms with Crippen LogP contribution in [0.3, 0.4) is 0 Å². The predicted molar refractivity (Wildman–Crippen MR) is 304 cm³/mol. The summed E-state index contributed by atoms with van der Waals surface area (Å²) in [7, 11) is 0. The van der Waals surface area contributed by atoms with Crippen LogP contribution in [0.2, 0.25) is 0 Å². The molecule has 0 radical (unpaired) electrons. The van der Waals surface area contributed by atoms with Crippen LogP contribution in [-0.4, -0.2) is 166 Å². The Morgan fingerprint density at radius 2 is 0.716 bits per heavy atom. The van der Waals surface area contributed by atoms with Crippen LogP contribution in [0, 0.1) is 35.5 Å². The molecule has 0 aromatic carbocycles. The van der Waals surface area contributed by atoms with Gasteiger partial charge in [-0.1, -0.05) is 83.1 Å². The number of primary amides is 1. The normalized spacial score (nSPS) is 19.1. The lowest BCUT2D eigenvalue weighted by atomic mass is 9.97. The standard InChI is InChI=1S/C56H99N13O12/c1-27(2)23-37(49(74)60-34(14)47(72)61-36(16)55(80)68-21-17-19-41(68)45(58)70)62-50(75)38(24-28(3)4)63-54(79)44(32(11)12)67-52(77)42-20-18-22-69(42)56(81)40(26-30(7)8)65-51(76)39(25-29(5)6)64-53(78)43(31(9)10)66-48(73)35(15)59-46(71)33(13)57/h27-44H,17-26,57H2,1-16H3,(H2,58,70)(H,59,71)(H,60,74)(H,61,72)(H,62,75)(H,63,79)(H,64,78)(H,65,76)(H,66,73)(H,67,77)/t33-,34-,35-,36-,37-,38-,39-,40-,41-,42-,43-,44-/m0/s1. The molecule has 2 aliphatic rings. The van der Waals surface area contributed by atoms with E-state index in [0.717, 1.165) is 0 Å². The number of amides is 12. The Labute approximate surface area is 479 Å². The number of carbonyl (C=O) groups is 12. The maximum atomic E-state index is 14.6. The van der Waals surface area contributed by atoms with Crippen LogP contribution in [0.1, 0.15) is 162 Å². The SMILES string of the molecule is CC(C)C[C@H](NC(=O)[C@H](CC(C)C)NC(=O)[C@@H](NC(=O)[C@@H]1CCCN1C(=O)[C@H](CC(C)C)NC(=O)[C@H](CC(C)C)NC(=O)[C@@H](NC(=O)[C@H](C)NC(=O)[C@H](C)N)C(C)C)C(C)C)C(=O)N[C@@H](C)C(=O)N[C@@H](C)C(=O)N1CCC[C@H]1C(N)=O. The van der Waals surface area contributed by atoms with Gasteiger partial charge in [-0.15, -0.1) is 0 Å². The highest BCUT2D eigenvalue weighted by atomic mass is 16.2. The van der Waals surface area contributed by atoms with E-state index in [9.17, 15) is 57.5 Å². The fraction of sp³-hybridized carbons (Fsp3) is 0.786. The van der Waals surface area contributed by atoms with Gasteiger partial charge in [-0.05, 0) is 115 Å². The minimum Gasteiger partial charge on any atom is -0.368 e. The van der Waals surface area contributed by atoms with Gasteiger partial charge in [-0.25, -0.2) is 0 Å². The summed E-state index contributed by atoms with van der Waals surface area (Å²) in [5, 5.41) is 24.4. The third-order valence-electron chi connectivity index (χ3n) is 14.2. The van der Waals surface area contributed by atoms with Crippen molar-refractivity contribution in [2.45, 2.75) is 235 Å². The van der Waals surface area contributed by atoms with Crippen molar-refractivity contribution in [3.8, 4) is 0 Å². The number of nitrogens with two attached hydrogens (primary N) is 2. The van der Waals surface area contributed by atoms with Crippen molar-refractivity contribution in [1.29, 1.82) is 0 Å². The lowest BCUT2D eigenvalue weighted by Gasteiger charge is -2.32. The molecule has 81 heavy (non-hydrogen) atoms. The van der Waals surface area contributed by atoms with Gasteiger partial charge in [-0.2, -0.15) is 0 Å². The van der Waals surface area contributed by atoms with Gasteiger partial charge in [0.15, 0.2) is 0 Å². The Balaban J connectivity index is 2.27. The molecule has 2 saturated heterocycles. The van der Waals surface area contributed by atoms with Crippen molar-refractivity contribution in [1.82, 2.24) is 57.7 Å². The molecule has 2 aliphatic heterocycles. The van der Waals surface area contributed by atoms with Crippen LogP contribution in [0.4, 0.5) is 0 Å². The molecule has 0 aromatic heterocycles. The van der Waals surface area contributed by atoms with Crippen LogP contribution >= 0.6 is 0 Å². The van der Waals surface area contributed by atoms with E-state index in [-0.39, 0.29) is 62.3 Å². The molecule has 0 aromatic rings. The molecule has 0 saturated carbocycles. The van der Waals surface area contributed by atoms with Crippen molar-refractivity contribution >= 4 is 70.9 Å². The second-order valence-corrected chi connectivity index (χ2v) is 24.5. The highest BCUT2D eigenvalue weighted by Crippen LogP contribution is 2.23. The number of carbonyl (C=O) groups excluding carboxylic acids is 12. The minimum atomic E-state index is -1.18. The van der Waals surface area contributed by atoms with E-state index in [1.54, 1.807) is 27.7 Å². The molecule has 12 atom stereocenters. The zero-order valence-corrected chi connectivity index (χ0v) is 50.9. The first kappa shape index (κ1) is 70.7. The predicted octanol–water partition coefficient (Wildman–Crippen LogP) is -0.280. The number of nitrogens with zero attached hydrogens (tertiary/aromatic N) is 2. The zero-order chi connectivity index (χ0) is 61.9. The molecule has 12 amide bonds. The third kappa shape index (κ3) is 22.5. The topological polar surface area (TPSA) is 372 Å². The average Bonchev–Trinajstić information content (AvgIpc) is 4.10. The molecule has 2 fully saturated rings. The fourth-order valence-electron chi connectivity index (χ4n) is 9.74. The molecule has 0 bridgehead atoms. The Morgan fingerprint density at radius 3 is 1.12 bits per heavy atom. The molecule has 460 valence electrons. The quantitative estimate of drug-likeness (QED) is 0.0426. The third-order valence-corrected chi connectivity index (χ3v) is 14.2. The summed E-state index contributed by atoms with van der Waals surface area (Å²) in [5.41, 5.74) is 11.1. The maximum absolute atomic E-state index is 14.6. The van der Waals surface area contributed by atoms with Crippen LogP contribution < -0.4 is 59.3 Å². The van der Waals surface area contributed by atoms with Crippen LogP contribution in [0.15, 0.2) is 0 Å². The number of nitrogens with one attached hydrogen (secondary N) is 9. The first-order chi connectivity index (χ1) is 37.6. The fourth-order valence-corrected chi connectivity index (χ4v) is 9.74. The van der Waals surface area contributed by atoms with Gasteiger partial charge >= 0.3 is 0 Å². The van der Waals surface area contributed by atoms with Crippen LogP contribution in [0.5, 0.6) is 0 Å². The first-order valence-corrected chi connectivity index (χ1v) is 29.0. The van der Waals surface area contributed by atoms with Gasteiger partial charge in [0, 0.05) is 13.1 Å². The summed E-state index contributed by atoms with van der Waals surface area (Å²) in [6, 6.07) is -12.7. The van der Waals surface area contributed by atoms with Crippen LogP contribution in [0.25, 0.3) is 0 Å². The van der Waals surface area contributed by atoms with Crippen molar-refractivity contribution in [2.24, 2.45) is 47.0 Å². The highest BCUT2D eigenvalue weighted by Gasteiger charge is 2.42. The molecule has 13 N–H and O–H groups in total. The zero-order valence-electron chi connectivity index (χ0n) is 50.9. The molecular formula is C56H99N13O12. The summed E-state index contributed by atoms with van der Waals surface area (Å²) < 4.78 is 0. The Kier molecular flexibility index (Phi) is 28.7. The molecule has 25 heteroatoms. The Hall–Kier alpha value is -6.40. The number of hydrogen-bond acceptors (Lipinski definition) is 13. The lowest BCUT2D eigenvalue weighted by molar-refractivity contribution is -0.143. The second-order valence-electron chi connectivity index (χ2n) is 24.5. The minimum absolute atomic E-state index is 0.102. The molecule has 25 nitrogen and oxygen atoms in total. The molecule has 0 aliphatic carbocycles. The van der Waals surface area contributed by atoms with Crippen molar-refractivity contribution in [3.63, 3.8) is 0 Å². The molecule has 2 heterocycles. The summed E-state index contributed by atoms with van der Waals surface area (Å²) in [4.78, 5) is 165. The van der Waals surface area contributed by atoms with Gasteiger partial charge in [-0.3, -0.25) is 57.5 Å². The molecule has 0 unspecified atom stereocenters. The lowest BCUT2D eigenvalue weighted by Crippen LogP contribution is -2.61. The van der Waals surface area contributed by atoms with Gasteiger partial charge in [0.2, 0.25) is 70.9 Å². The highest BCUT2D eigenvalue weighted by molar-refractivity contribution is 5.99. The van der Waals surface area contributed by atoms with E-state index in [4.69, 9.17) is 11.5 Å². The molecular weight excluding hydrogens is 1050 g/mol. The van der Waals surface area contributed by atoms with Crippen molar-refractivity contribution in [3.05, 3.63) is 0 Å². The van der Waals surface area contributed by atoms with E-state index in [1.807, 2.05) is 55.4 Å². The summed E-state index contributed by atoms with van der Waals surface area (Å²) >= 11 is 0. The van der Waals surface area contributed by atoms with E-state index in [1.165, 1.54) is 37.5 Å². The molecule has 2 rings (SSSR count). The van der Waals surface area contributed by atoms with Gasteiger partial charge in [0.25, 0.3) is 0 Å². The molecule has 0 spiro atoms. The van der Waals surface area contributed by atoms with E-state index in [0.29, 0.717) is 25.8 Å². The monoisotopic (exact) mass is 1150 g/mol.